The Labute approximate surface area is 125 Å². The largest absolute Gasteiger partial charge is 0.277 e. The van der Waals surface area contributed by atoms with E-state index in [2.05, 4.69) is 20.2 Å². The summed E-state index contributed by atoms with van der Waals surface area (Å²) >= 11 is 1.22. The van der Waals surface area contributed by atoms with E-state index in [1.54, 1.807) is 36.4 Å². The molecule has 0 saturated heterocycles. The van der Waals surface area contributed by atoms with E-state index >= 15 is 0 Å². The molecule has 0 fully saturated rings. The fraction of sp³-hybridized carbons (Fsp3) is 0.0833. The van der Waals surface area contributed by atoms with Gasteiger partial charge < -0.3 is 0 Å². The van der Waals surface area contributed by atoms with Crippen molar-refractivity contribution < 1.29 is 8.42 Å². The third kappa shape index (κ3) is 2.78. The molecule has 0 radical (unpaired) electrons. The van der Waals surface area contributed by atoms with Crippen molar-refractivity contribution in [3.63, 3.8) is 0 Å². The van der Waals surface area contributed by atoms with E-state index in [1.165, 1.54) is 22.3 Å². The summed E-state index contributed by atoms with van der Waals surface area (Å²) in [6, 6.07) is 10.3. The minimum Gasteiger partial charge on any atom is -0.277 e. The third-order valence-corrected chi connectivity index (χ3v) is 5.58. The molecule has 3 aromatic rings. The molecule has 0 aliphatic rings. The first-order valence-corrected chi connectivity index (χ1v) is 8.28. The first kappa shape index (κ1) is 13.7. The van der Waals surface area contributed by atoms with E-state index in [-0.39, 0.29) is 4.21 Å². The molecule has 7 nitrogen and oxygen atoms in total. The Balaban J connectivity index is 1.99. The van der Waals surface area contributed by atoms with Crippen LogP contribution in [0.5, 0.6) is 0 Å². The molecule has 0 unspecified atom stereocenters. The second kappa shape index (κ2) is 5.26. The topological polar surface area (TPSA) is 89.8 Å². The molecule has 0 spiro atoms. The van der Waals surface area contributed by atoms with Gasteiger partial charge in [0, 0.05) is 4.88 Å². The molecule has 0 aliphatic heterocycles. The predicted octanol–water partition coefficient (Wildman–Crippen LogP) is 1.83. The molecule has 3 rings (SSSR count). The van der Waals surface area contributed by atoms with Crippen LogP contribution in [0.25, 0.3) is 5.69 Å². The number of aromatic nitrogens is 4. The van der Waals surface area contributed by atoms with Gasteiger partial charge in [0.25, 0.3) is 10.0 Å². The normalized spacial score (nSPS) is 11.5. The Kier molecular flexibility index (Phi) is 3.43. The van der Waals surface area contributed by atoms with E-state index in [1.807, 2.05) is 6.92 Å². The molecule has 2 aromatic heterocycles. The number of benzene rings is 1. The van der Waals surface area contributed by atoms with Gasteiger partial charge in [-0.2, -0.15) is 4.68 Å². The zero-order valence-electron chi connectivity index (χ0n) is 11.0. The third-order valence-electron chi connectivity index (χ3n) is 2.72. The maximum atomic E-state index is 12.4. The average Bonchev–Trinajstić information content (AvgIpc) is 3.10. The van der Waals surface area contributed by atoms with Crippen LogP contribution in [0.2, 0.25) is 0 Å². The van der Waals surface area contributed by atoms with Gasteiger partial charge in [-0.3, -0.25) is 4.72 Å². The van der Waals surface area contributed by atoms with Gasteiger partial charge in [-0.1, -0.05) is 12.1 Å². The first-order chi connectivity index (χ1) is 10.1. The van der Waals surface area contributed by atoms with E-state index in [0.29, 0.717) is 11.4 Å². The van der Waals surface area contributed by atoms with Crippen molar-refractivity contribution in [3.05, 3.63) is 47.6 Å². The van der Waals surface area contributed by atoms with Gasteiger partial charge in [-0.05, 0) is 41.6 Å². The molecule has 0 amide bonds. The van der Waals surface area contributed by atoms with Crippen LogP contribution in [-0.4, -0.2) is 28.6 Å². The highest BCUT2D eigenvalue weighted by Gasteiger charge is 2.18. The van der Waals surface area contributed by atoms with Gasteiger partial charge in [0.05, 0.1) is 11.4 Å². The number of anilines is 1. The summed E-state index contributed by atoms with van der Waals surface area (Å²) in [6.07, 6.45) is 1.41. The summed E-state index contributed by atoms with van der Waals surface area (Å²) in [7, 11) is -3.62. The molecule has 0 saturated carbocycles. The second-order valence-corrected chi connectivity index (χ2v) is 7.44. The van der Waals surface area contributed by atoms with Crippen LogP contribution in [0.1, 0.15) is 4.88 Å². The quantitative estimate of drug-likeness (QED) is 0.792. The molecule has 1 aromatic carbocycles. The summed E-state index contributed by atoms with van der Waals surface area (Å²) in [5, 5.41) is 10.9. The molecular weight excluding hydrogens is 310 g/mol. The summed E-state index contributed by atoms with van der Waals surface area (Å²) in [5.41, 5.74) is 0.968. The molecule has 0 aliphatic carbocycles. The van der Waals surface area contributed by atoms with Gasteiger partial charge >= 0.3 is 0 Å². The number of nitrogens with one attached hydrogen (secondary N) is 1. The first-order valence-electron chi connectivity index (χ1n) is 5.98. The van der Waals surface area contributed by atoms with E-state index in [9.17, 15) is 8.42 Å². The lowest BCUT2D eigenvalue weighted by Crippen LogP contribution is -2.13. The number of para-hydroxylation sites is 2. The van der Waals surface area contributed by atoms with Crippen LogP contribution in [0.4, 0.5) is 5.69 Å². The lowest BCUT2D eigenvalue weighted by atomic mass is 10.3. The number of aryl methyl sites for hydroxylation is 1. The van der Waals surface area contributed by atoms with Gasteiger partial charge in [-0.15, -0.1) is 16.4 Å². The van der Waals surface area contributed by atoms with Crippen molar-refractivity contribution in [1.29, 1.82) is 0 Å². The van der Waals surface area contributed by atoms with E-state index in [4.69, 9.17) is 0 Å². The number of hydrogen-bond acceptors (Lipinski definition) is 6. The minimum atomic E-state index is -3.62. The van der Waals surface area contributed by atoms with Crippen molar-refractivity contribution in [2.75, 3.05) is 4.72 Å². The Morgan fingerprint density at radius 3 is 2.67 bits per heavy atom. The number of rotatable bonds is 4. The number of sulfonamides is 1. The van der Waals surface area contributed by atoms with Crippen LogP contribution in [0.3, 0.4) is 0 Å². The molecular formula is C12H11N5O2S2. The summed E-state index contributed by atoms with van der Waals surface area (Å²) in [5.74, 6) is 0. The lowest BCUT2D eigenvalue weighted by molar-refractivity contribution is 0.603. The van der Waals surface area contributed by atoms with Gasteiger partial charge in [0.15, 0.2) is 0 Å². The zero-order chi connectivity index (χ0) is 14.9. The Morgan fingerprint density at radius 2 is 2.00 bits per heavy atom. The maximum absolute atomic E-state index is 12.4. The fourth-order valence-electron chi connectivity index (χ4n) is 1.78. The molecule has 1 N–H and O–H groups in total. The molecule has 21 heavy (non-hydrogen) atoms. The van der Waals surface area contributed by atoms with Crippen molar-refractivity contribution in [1.82, 2.24) is 20.2 Å². The van der Waals surface area contributed by atoms with Crippen LogP contribution in [0.15, 0.2) is 46.9 Å². The second-order valence-electron chi connectivity index (χ2n) is 4.24. The van der Waals surface area contributed by atoms with Crippen molar-refractivity contribution in [2.45, 2.75) is 11.1 Å². The molecule has 0 atom stereocenters. The number of hydrogen-bond donors (Lipinski definition) is 1. The average molecular weight is 321 g/mol. The van der Waals surface area contributed by atoms with Crippen molar-refractivity contribution in [3.8, 4) is 5.69 Å². The highest BCUT2D eigenvalue weighted by atomic mass is 32.2. The molecule has 108 valence electrons. The van der Waals surface area contributed by atoms with Crippen molar-refractivity contribution >= 4 is 27.0 Å². The minimum absolute atomic E-state index is 0.270. The zero-order valence-corrected chi connectivity index (χ0v) is 12.6. The summed E-state index contributed by atoms with van der Waals surface area (Å²) in [4.78, 5) is 0.934. The van der Waals surface area contributed by atoms with Crippen LogP contribution in [0, 0.1) is 6.92 Å². The fourth-order valence-corrected chi connectivity index (χ4v) is 4.14. The monoisotopic (exact) mass is 321 g/mol. The van der Waals surface area contributed by atoms with Crippen LogP contribution < -0.4 is 4.72 Å². The highest BCUT2D eigenvalue weighted by molar-refractivity contribution is 7.94. The molecule has 0 bridgehead atoms. The summed E-state index contributed by atoms with van der Waals surface area (Å²) < 4.78 is 29.0. The number of nitrogens with zero attached hydrogens (tertiary/aromatic N) is 4. The molecule has 2 heterocycles. The van der Waals surface area contributed by atoms with Gasteiger partial charge in [0.1, 0.15) is 10.5 Å². The predicted molar refractivity (Wildman–Crippen MR) is 79.0 cm³/mol. The Hall–Kier alpha value is -2.26. The maximum Gasteiger partial charge on any atom is 0.271 e. The van der Waals surface area contributed by atoms with E-state index in [0.717, 1.165) is 4.88 Å². The Morgan fingerprint density at radius 1 is 1.19 bits per heavy atom. The van der Waals surface area contributed by atoms with Gasteiger partial charge in [0.2, 0.25) is 0 Å². The number of thiophene rings is 1. The summed E-state index contributed by atoms with van der Waals surface area (Å²) in [6.45, 7) is 1.86. The standard InChI is InChI=1S/C12H11N5O2S2/c1-9-6-7-12(20-9)21(18,19)14-10-4-2-3-5-11(10)17-8-13-15-16-17/h2-8,14H,1H3. The van der Waals surface area contributed by atoms with Crippen LogP contribution >= 0.6 is 11.3 Å². The number of tetrazole rings is 1. The Bertz CT molecular complexity index is 855. The van der Waals surface area contributed by atoms with Crippen molar-refractivity contribution in [2.24, 2.45) is 0 Å². The van der Waals surface area contributed by atoms with Gasteiger partial charge in [-0.25, -0.2) is 8.42 Å². The van der Waals surface area contributed by atoms with E-state index < -0.39 is 10.0 Å². The molecule has 9 heteroatoms. The highest BCUT2D eigenvalue weighted by Crippen LogP contribution is 2.26. The smallest absolute Gasteiger partial charge is 0.271 e. The van der Waals surface area contributed by atoms with Crippen LogP contribution in [-0.2, 0) is 10.0 Å². The lowest BCUT2D eigenvalue weighted by Gasteiger charge is -2.10. The SMILES string of the molecule is Cc1ccc(S(=O)(=O)Nc2ccccc2-n2cnnn2)s1.